The van der Waals surface area contributed by atoms with E-state index in [2.05, 4.69) is 58.9 Å². The third kappa shape index (κ3) is 50.2. The van der Waals surface area contributed by atoms with E-state index in [-0.39, 0.29) is 25.7 Å². The number of phosphoric acid groups is 1. The highest BCUT2D eigenvalue weighted by atomic mass is 31.2. The topological polar surface area (TPSA) is 380 Å². The Hall–Kier alpha value is -3.05. The number of unbranched alkanes of at least 4 members (excludes halogenated alkanes) is 44. The van der Waals surface area contributed by atoms with E-state index < -0.39 is 162 Å². The minimum Gasteiger partial charge on any atom is -0.463 e. The number of aliphatic hydroxyl groups excluding tert-OH is 9. The summed E-state index contributed by atoms with van der Waals surface area (Å²) in [4.78, 5) is 66.5. The Balaban J connectivity index is 1.92. The van der Waals surface area contributed by atoms with Crippen LogP contribution in [0.3, 0.4) is 0 Å². The number of carbonyl (C=O) groups is 4. The Morgan fingerprint density at radius 2 is 0.686 bits per heavy atom. The third-order valence-corrected chi connectivity index (χ3v) is 24.3. The number of rotatable bonds is 76. The average Bonchev–Trinajstić information content (AvgIpc) is 0.754. The predicted octanol–water partition coefficient (Wildman–Crippen LogP) is 17.6. The molecule has 1 saturated carbocycles. The molecule has 0 amide bonds. The number of esters is 4. The Bertz CT molecular complexity index is 2570. The van der Waals surface area contributed by atoms with Gasteiger partial charge in [-0.2, -0.15) is 0 Å². The first-order chi connectivity index (χ1) is 57.1. The maximum absolute atomic E-state index is 14.9. The van der Waals surface area contributed by atoms with Crippen molar-refractivity contribution in [1.29, 1.82) is 0 Å². The molecule has 25 nitrogen and oxygen atoms in total. The van der Waals surface area contributed by atoms with Crippen LogP contribution >= 0.6 is 7.82 Å². The van der Waals surface area contributed by atoms with E-state index in [1.807, 2.05) is 0 Å². The lowest BCUT2D eigenvalue weighted by molar-refractivity contribution is -0.360. The van der Waals surface area contributed by atoms with Crippen molar-refractivity contribution >= 4 is 31.7 Å². The molecule has 19 unspecified atom stereocenters. The first kappa shape index (κ1) is 109. The maximum Gasteiger partial charge on any atom is 0.472 e. The Labute approximate surface area is 711 Å². The first-order valence-electron chi connectivity index (χ1n) is 47.5. The van der Waals surface area contributed by atoms with Crippen molar-refractivity contribution in [1.82, 2.24) is 0 Å². The minimum absolute atomic E-state index is 0.0137. The van der Waals surface area contributed by atoms with Gasteiger partial charge < -0.3 is 88.7 Å². The molecule has 2 heterocycles. The lowest BCUT2D eigenvalue weighted by atomic mass is 9.84. The Kier molecular flexibility index (Phi) is 64.9. The summed E-state index contributed by atoms with van der Waals surface area (Å²) in [5.41, 5.74) is 0. The minimum atomic E-state index is -5.81. The second-order valence-electron chi connectivity index (χ2n) is 34.1. The quantitative estimate of drug-likeness (QED) is 0.00889. The van der Waals surface area contributed by atoms with E-state index in [0.717, 1.165) is 141 Å². The summed E-state index contributed by atoms with van der Waals surface area (Å²) in [5, 5.41) is 102. The average molecular weight is 1710 g/mol. The van der Waals surface area contributed by atoms with Crippen LogP contribution in [0.4, 0.5) is 0 Å². The van der Waals surface area contributed by atoms with Gasteiger partial charge in [-0.25, -0.2) is 4.57 Å². The highest BCUT2D eigenvalue weighted by molar-refractivity contribution is 7.47. The van der Waals surface area contributed by atoms with Gasteiger partial charge in [-0.3, -0.25) is 28.2 Å². The molecular formula is C92H169O25P. The molecule has 0 aromatic carbocycles. The maximum atomic E-state index is 14.9. The van der Waals surface area contributed by atoms with Gasteiger partial charge in [0.1, 0.15) is 92.6 Å². The Morgan fingerprint density at radius 1 is 0.356 bits per heavy atom. The van der Waals surface area contributed by atoms with Gasteiger partial charge in [0.2, 0.25) is 0 Å². The molecule has 3 fully saturated rings. The fraction of sp³-hybridized carbons (Fsp3) is 0.913. The van der Waals surface area contributed by atoms with Gasteiger partial charge in [0.15, 0.2) is 24.8 Å². The Morgan fingerprint density at radius 3 is 1.11 bits per heavy atom. The van der Waals surface area contributed by atoms with E-state index in [9.17, 15) is 74.6 Å². The number of phosphoric ester groups is 1. The van der Waals surface area contributed by atoms with Crippen molar-refractivity contribution in [2.75, 3.05) is 26.4 Å². The van der Waals surface area contributed by atoms with Crippen LogP contribution < -0.4 is 0 Å². The monoisotopic (exact) mass is 1710 g/mol. The molecular weight excluding hydrogens is 1540 g/mol. The summed E-state index contributed by atoms with van der Waals surface area (Å²) in [6.07, 6.45) is 28.9. The van der Waals surface area contributed by atoms with E-state index >= 15 is 0 Å². The molecule has 1 aliphatic carbocycles. The largest absolute Gasteiger partial charge is 0.472 e. The molecule has 2 aliphatic heterocycles. The van der Waals surface area contributed by atoms with Crippen molar-refractivity contribution in [3.63, 3.8) is 0 Å². The van der Waals surface area contributed by atoms with Crippen LogP contribution in [0.1, 0.15) is 401 Å². The first-order valence-corrected chi connectivity index (χ1v) is 49.0. The predicted molar refractivity (Wildman–Crippen MR) is 458 cm³/mol. The van der Waals surface area contributed by atoms with Crippen molar-refractivity contribution in [2.45, 2.75) is 505 Å². The zero-order chi connectivity index (χ0) is 86.2. The molecule has 692 valence electrons. The van der Waals surface area contributed by atoms with Gasteiger partial charge in [-0.05, 0) is 83.0 Å². The standard InChI is InChI=1S/C92H169O25P/c1-6-10-14-18-22-25-28-31-33-36-39-42-45-53-59-65-77(96)111-72(68-108-75(94)63-57-51-44-41-38-35-30-27-24-20-16-12-8-3)69-110-118(106,107)117-90-88(115-91-85(104)81(100)79(98)73(67-93)112-91)84(103)83(102)87(114-78(97)66-60-54-46-43-40-37-34-32-29-26-23-19-15-11-7-2)89(90)116-92-86(105)82(101)80(99)74(113-92)70-109-76(95)64-58-52-48-47-50-56-62-71(5)61-55-49-21-17-13-9-4/h26,29,35,38,71-74,79-93,98-105H,6-25,27-28,30-34,36-37,39-70H2,1-5H3,(H,106,107)/b29-26-,38-35-. The second-order valence-corrected chi connectivity index (χ2v) is 35.6. The van der Waals surface area contributed by atoms with Crippen molar-refractivity contribution < 1.29 is 122 Å². The van der Waals surface area contributed by atoms with Crippen LogP contribution in [-0.4, -0.2) is 205 Å². The lowest BCUT2D eigenvalue weighted by Crippen LogP contribution is -2.70. The lowest BCUT2D eigenvalue weighted by Gasteiger charge is -2.50. The van der Waals surface area contributed by atoms with Gasteiger partial charge in [-0.1, -0.05) is 322 Å². The smallest absolute Gasteiger partial charge is 0.463 e. The number of allylic oxidation sites excluding steroid dienone is 4. The van der Waals surface area contributed by atoms with Gasteiger partial charge >= 0.3 is 31.7 Å². The molecule has 0 radical (unpaired) electrons. The molecule has 10 N–H and O–H groups in total. The van der Waals surface area contributed by atoms with Gasteiger partial charge in [0, 0.05) is 25.7 Å². The number of ether oxygens (including phenoxy) is 8. The second kappa shape index (κ2) is 70.2. The van der Waals surface area contributed by atoms with E-state index in [0.29, 0.717) is 38.0 Å². The number of hydrogen-bond acceptors (Lipinski definition) is 24. The van der Waals surface area contributed by atoms with Crippen molar-refractivity contribution in [3.05, 3.63) is 24.3 Å². The van der Waals surface area contributed by atoms with Gasteiger partial charge in [-0.15, -0.1) is 0 Å². The highest BCUT2D eigenvalue weighted by Gasteiger charge is 2.60. The summed E-state index contributed by atoms with van der Waals surface area (Å²) in [6.45, 7) is 7.90. The van der Waals surface area contributed by atoms with Crippen LogP contribution in [-0.2, 0) is 70.7 Å². The molecule has 2 saturated heterocycles. The molecule has 0 aromatic rings. The molecule has 118 heavy (non-hydrogen) atoms. The molecule has 3 rings (SSSR count). The van der Waals surface area contributed by atoms with E-state index in [1.54, 1.807) is 0 Å². The SMILES string of the molecule is CCCCCC/C=C\CCCCCCCCCC(=O)OC1C(O)C(O)C(OC2OC(CO)C(O)C(O)C2O)C(OP(=O)(O)OCC(COC(=O)CCCCC/C=C\CCCCCCCC)OC(=O)CCCCCCCCCCCCCCCCC)C1OC1OC(COC(=O)CCCCCCCCC(C)CCCCCCCC)C(O)C(O)C1O. The molecule has 19 atom stereocenters. The summed E-state index contributed by atoms with van der Waals surface area (Å²) in [6, 6.07) is 0. The van der Waals surface area contributed by atoms with Crippen LogP contribution in [0.5, 0.6) is 0 Å². The number of carbonyl (C=O) groups excluding carboxylic acids is 4. The zero-order valence-corrected chi connectivity index (χ0v) is 74.8. The fourth-order valence-electron chi connectivity index (χ4n) is 15.7. The third-order valence-electron chi connectivity index (χ3n) is 23.3. The van der Waals surface area contributed by atoms with Gasteiger partial charge in [0.05, 0.1) is 13.2 Å². The van der Waals surface area contributed by atoms with Crippen LogP contribution in [0.25, 0.3) is 0 Å². The molecule has 26 heteroatoms. The summed E-state index contributed by atoms with van der Waals surface area (Å²) in [7, 11) is -5.81. The molecule has 3 aliphatic rings. The summed E-state index contributed by atoms with van der Waals surface area (Å²) in [5.74, 6) is -2.30. The molecule has 0 bridgehead atoms. The van der Waals surface area contributed by atoms with Crippen molar-refractivity contribution in [2.24, 2.45) is 5.92 Å². The molecule has 0 spiro atoms. The fourth-order valence-corrected chi connectivity index (χ4v) is 16.6. The van der Waals surface area contributed by atoms with Crippen LogP contribution in [0, 0.1) is 5.92 Å². The van der Waals surface area contributed by atoms with Crippen molar-refractivity contribution in [3.8, 4) is 0 Å². The number of hydrogen-bond donors (Lipinski definition) is 10. The highest BCUT2D eigenvalue weighted by Crippen LogP contribution is 2.49. The van der Waals surface area contributed by atoms with E-state index in [1.165, 1.54) is 167 Å². The number of aliphatic hydroxyl groups is 9. The summed E-state index contributed by atoms with van der Waals surface area (Å²) >= 11 is 0. The van der Waals surface area contributed by atoms with Crippen LogP contribution in [0.2, 0.25) is 0 Å². The zero-order valence-electron chi connectivity index (χ0n) is 73.9. The van der Waals surface area contributed by atoms with Crippen LogP contribution in [0.15, 0.2) is 24.3 Å². The normalized spacial score (nSPS) is 25.3. The summed E-state index contributed by atoms with van der Waals surface area (Å²) < 4.78 is 73.5. The molecule has 0 aromatic heterocycles. The van der Waals surface area contributed by atoms with Gasteiger partial charge in [0.25, 0.3) is 0 Å². The van der Waals surface area contributed by atoms with E-state index in [4.69, 9.17) is 46.9 Å².